The van der Waals surface area contributed by atoms with Crippen molar-refractivity contribution in [3.63, 3.8) is 0 Å². The number of rotatable bonds is 12. The number of allylic oxidation sites excluding steroid dienone is 3. The van der Waals surface area contributed by atoms with E-state index in [1.165, 1.54) is 25.7 Å². The Morgan fingerprint density at radius 2 is 1.83 bits per heavy atom. The predicted octanol–water partition coefficient (Wildman–Crippen LogP) is 5.68. The maximum absolute atomic E-state index is 11.7. The molecule has 0 saturated heterocycles. The van der Waals surface area contributed by atoms with Crippen LogP contribution < -0.4 is 4.74 Å². The lowest BCUT2D eigenvalue weighted by Gasteiger charge is -2.05. The third-order valence-corrected chi connectivity index (χ3v) is 3.74. The number of hydrogen-bond donors (Lipinski definition) is 1. The maximum Gasteiger partial charge on any atom is 0.160 e. The Balaban J connectivity index is 2.31. The number of ketones is 1. The van der Waals surface area contributed by atoms with Crippen molar-refractivity contribution >= 4 is 11.9 Å². The standard InChI is InChI=1S/C21H30O3/c1-3-5-6-7-8-9-13-19(22)14-11-10-12-18-15-16-21(24-4-2)20(23)17-18/h10-12,14-17,23H,3-9,13H2,1-2H3. The average molecular weight is 330 g/mol. The fourth-order valence-electron chi connectivity index (χ4n) is 2.41. The highest BCUT2D eigenvalue weighted by Crippen LogP contribution is 2.27. The summed E-state index contributed by atoms with van der Waals surface area (Å²) < 4.78 is 5.28. The van der Waals surface area contributed by atoms with E-state index in [2.05, 4.69) is 6.92 Å². The first-order valence-corrected chi connectivity index (χ1v) is 9.00. The van der Waals surface area contributed by atoms with Gasteiger partial charge in [-0.3, -0.25) is 4.79 Å². The number of phenols is 1. The third kappa shape index (κ3) is 8.56. The van der Waals surface area contributed by atoms with Gasteiger partial charge < -0.3 is 9.84 Å². The fourth-order valence-corrected chi connectivity index (χ4v) is 2.41. The minimum absolute atomic E-state index is 0.127. The molecule has 0 unspecified atom stereocenters. The SMILES string of the molecule is CCCCCCCCC(=O)C=CC=Cc1ccc(OCC)c(O)c1. The first-order chi connectivity index (χ1) is 11.7. The molecule has 1 N–H and O–H groups in total. The lowest BCUT2D eigenvalue weighted by atomic mass is 10.1. The van der Waals surface area contributed by atoms with Gasteiger partial charge in [-0.1, -0.05) is 63.3 Å². The molecule has 0 aliphatic rings. The Labute approximate surface area is 146 Å². The minimum Gasteiger partial charge on any atom is -0.504 e. The number of phenolic OH excluding ortho intramolecular Hbond substituents is 1. The van der Waals surface area contributed by atoms with Crippen LogP contribution in [0.15, 0.2) is 36.4 Å². The molecular weight excluding hydrogens is 300 g/mol. The van der Waals surface area contributed by atoms with E-state index in [4.69, 9.17) is 4.74 Å². The topological polar surface area (TPSA) is 46.5 Å². The van der Waals surface area contributed by atoms with Gasteiger partial charge in [-0.15, -0.1) is 0 Å². The monoisotopic (exact) mass is 330 g/mol. The second kappa shape index (κ2) is 12.4. The van der Waals surface area contributed by atoms with E-state index < -0.39 is 0 Å². The van der Waals surface area contributed by atoms with Crippen LogP contribution in [0.2, 0.25) is 0 Å². The molecule has 1 rings (SSSR count). The Morgan fingerprint density at radius 1 is 1.08 bits per heavy atom. The van der Waals surface area contributed by atoms with E-state index in [9.17, 15) is 9.90 Å². The molecule has 0 aliphatic heterocycles. The minimum atomic E-state index is 0.127. The molecule has 0 radical (unpaired) electrons. The number of benzene rings is 1. The number of aromatic hydroxyl groups is 1. The van der Waals surface area contributed by atoms with Gasteiger partial charge in [-0.05, 0) is 37.1 Å². The fraction of sp³-hybridized carbons (Fsp3) is 0.476. The smallest absolute Gasteiger partial charge is 0.160 e. The first-order valence-electron chi connectivity index (χ1n) is 9.00. The van der Waals surface area contributed by atoms with E-state index in [0.29, 0.717) is 18.8 Å². The number of hydrogen-bond acceptors (Lipinski definition) is 3. The number of carbonyl (C=O) groups is 1. The van der Waals surface area contributed by atoms with Crippen molar-refractivity contribution in [2.75, 3.05) is 6.61 Å². The summed E-state index contributed by atoms with van der Waals surface area (Å²) in [7, 11) is 0. The van der Waals surface area contributed by atoms with E-state index in [-0.39, 0.29) is 11.5 Å². The van der Waals surface area contributed by atoms with Crippen LogP contribution in [0.4, 0.5) is 0 Å². The summed E-state index contributed by atoms with van der Waals surface area (Å²) in [6.45, 7) is 4.60. The summed E-state index contributed by atoms with van der Waals surface area (Å²) in [6.07, 6.45) is 14.8. The average Bonchev–Trinajstić information content (AvgIpc) is 2.57. The Hall–Kier alpha value is -2.03. The summed E-state index contributed by atoms with van der Waals surface area (Å²) in [5.74, 6) is 0.783. The second-order valence-corrected chi connectivity index (χ2v) is 5.86. The number of unbranched alkanes of at least 4 members (excludes halogenated alkanes) is 5. The van der Waals surface area contributed by atoms with Crippen LogP contribution in [0.25, 0.3) is 6.08 Å². The molecule has 3 nitrogen and oxygen atoms in total. The molecule has 0 aromatic heterocycles. The van der Waals surface area contributed by atoms with Gasteiger partial charge in [0.1, 0.15) is 0 Å². The largest absolute Gasteiger partial charge is 0.504 e. The molecule has 0 amide bonds. The molecule has 0 aliphatic carbocycles. The highest BCUT2D eigenvalue weighted by atomic mass is 16.5. The van der Waals surface area contributed by atoms with Crippen molar-refractivity contribution in [3.05, 3.63) is 42.0 Å². The molecule has 0 atom stereocenters. The zero-order valence-electron chi connectivity index (χ0n) is 15.0. The van der Waals surface area contributed by atoms with E-state index >= 15 is 0 Å². The van der Waals surface area contributed by atoms with Gasteiger partial charge >= 0.3 is 0 Å². The van der Waals surface area contributed by atoms with Crippen molar-refractivity contribution in [2.24, 2.45) is 0 Å². The van der Waals surface area contributed by atoms with Gasteiger partial charge in [0.05, 0.1) is 6.61 Å². The van der Waals surface area contributed by atoms with Gasteiger partial charge in [-0.25, -0.2) is 0 Å². The van der Waals surface area contributed by atoms with Crippen LogP contribution in [0.1, 0.15) is 64.4 Å². The summed E-state index contributed by atoms with van der Waals surface area (Å²) in [6, 6.07) is 5.26. The molecule has 0 fully saturated rings. The summed E-state index contributed by atoms with van der Waals surface area (Å²) in [5.41, 5.74) is 0.865. The lowest BCUT2D eigenvalue weighted by molar-refractivity contribution is -0.114. The zero-order valence-corrected chi connectivity index (χ0v) is 15.0. The van der Waals surface area contributed by atoms with Gasteiger partial charge in [-0.2, -0.15) is 0 Å². The molecule has 1 aromatic rings. The molecule has 0 bridgehead atoms. The summed E-state index contributed by atoms with van der Waals surface area (Å²) >= 11 is 0. The molecule has 3 heteroatoms. The van der Waals surface area contributed by atoms with Crippen LogP contribution in [0, 0.1) is 0 Å². The van der Waals surface area contributed by atoms with E-state index in [1.54, 1.807) is 24.3 Å². The maximum atomic E-state index is 11.7. The van der Waals surface area contributed by atoms with E-state index in [0.717, 1.165) is 18.4 Å². The number of ether oxygens (including phenoxy) is 1. The van der Waals surface area contributed by atoms with Gasteiger partial charge in [0.2, 0.25) is 0 Å². The van der Waals surface area contributed by atoms with Gasteiger partial charge in [0.15, 0.2) is 17.3 Å². The molecule has 24 heavy (non-hydrogen) atoms. The number of carbonyl (C=O) groups excluding carboxylic acids is 1. The Kier molecular flexibility index (Phi) is 10.3. The predicted molar refractivity (Wildman–Crippen MR) is 100 cm³/mol. The van der Waals surface area contributed by atoms with Crippen LogP contribution >= 0.6 is 0 Å². The quantitative estimate of drug-likeness (QED) is 0.305. The van der Waals surface area contributed by atoms with Crippen LogP contribution in [-0.2, 0) is 4.79 Å². The molecule has 0 spiro atoms. The van der Waals surface area contributed by atoms with Gasteiger partial charge in [0.25, 0.3) is 0 Å². The van der Waals surface area contributed by atoms with Crippen LogP contribution in [0.5, 0.6) is 11.5 Å². The Morgan fingerprint density at radius 3 is 2.54 bits per heavy atom. The molecule has 1 aromatic carbocycles. The third-order valence-electron chi connectivity index (χ3n) is 3.74. The van der Waals surface area contributed by atoms with Gasteiger partial charge in [0, 0.05) is 6.42 Å². The first kappa shape index (κ1) is 20.0. The Bertz CT molecular complexity index is 544. The highest BCUT2D eigenvalue weighted by molar-refractivity contribution is 5.89. The molecule has 0 heterocycles. The molecule has 0 saturated carbocycles. The summed E-state index contributed by atoms with van der Waals surface area (Å²) in [4.78, 5) is 11.7. The van der Waals surface area contributed by atoms with Crippen molar-refractivity contribution in [2.45, 2.75) is 58.8 Å². The second-order valence-electron chi connectivity index (χ2n) is 5.86. The van der Waals surface area contributed by atoms with E-state index in [1.807, 2.05) is 25.1 Å². The zero-order chi connectivity index (χ0) is 17.6. The summed E-state index contributed by atoms with van der Waals surface area (Å²) in [5, 5.41) is 9.81. The molecular formula is C21H30O3. The van der Waals surface area contributed by atoms with Crippen LogP contribution in [0.3, 0.4) is 0 Å². The lowest BCUT2D eigenvalue weighted by Crippen LogP contribution is -1.92. The van der Waals surface area contributed by atoms with Crippen molar-refractivity contribution in [3.8, 4) is 11.5 Å². The molecule has 132 valence electrons. The van der Waals surface area contributed by atoms with Crippen molar-refractivity contribution in [1.82, 2.24) is 0 Å². The van der Waals surface area contributed by atoms with Crippen molar-refractivity contribution in [1.29, 1.82) is 0 Å². The van der Waals surface area contributed by atoms with Crippen molar-refractivity contribution < 1.29 is 14.6 Å². The normalized spacial score (nSPS) is 11.4. The highest BCUT2D eigenvalue weighted by Gasteiger charge is 2.01. The van der Waals surface area contributed by atoms with Crippen LogP contribution in [-0.4, -0.2) is 17.5 Å².